The fraction of sp³-hybridized carbons (Fsp3) is 0.556. The number of ether oxygens (including phenoxy) is 1. The summed E-state index contributed by atoms with van der Waals surface area (Å²) in [5, 5.41) is 0. The van der Waals surface area contributed by atoms with Gasteiger partial charge < -0.3 is 14.0 Å². The highest BCUT2D eigenvalue weighted by molar-refractivity contribution is 5.99. The molecule has 2 aromatic rings. The van der Waals surface area contributed by atoms with E-state index in [4.69, 9.17) is 9.72 Å². The molecule has 0 aliphatic carbocycles. The molecule has 23 heavy (non-hydrogen) atoms. The molecule has 124 valence electrons. The Morgan fingerprint density at radius 2 is 2.00 bits per heavy atom. The van der Waals surface area contributed by atoms with Crippen molar-refractivity contribution in [3.63, 3.8) is 0 Å². The normalized spacial score (nSPS) is 22.0. The van der Waals surface area contributed by atoms with Crippen LogP contribution in [0.2, 0.25) is 0 Å². The predicted octanol–water partition coefficient (Wildman–Crippen LogP) is 2.78. The third-order valence-electron chi connectivity index (χ3n) is 4.32. The molecule has 3 rings (SSSR count). The van der Waals surface area contributed by atoms with Crippen molar-refractivity contribution >= 4 is 11.4 Å². The van der Waals surface area contributed by atoms with Gasteiger partial charge in [0.15, 0.2) is 5.69 Å². The van der Waals surface area contributed by atoms with Gasteiger partial charge in [-0.15, -0.1) is 0 Å². The predicted molar refractivity (Wildman–Crippen MR) is 89.6 cm³/mol. The van der Waals surface area contributed by atoms with Crippen LogP contribution in [0.1, 0.15) is 44.0 Å². The van der Waals surface area contributed by atoms with Crippen molar-refractivity contribution in [1.82, 2.24) is 14.3 Å². The Kier molecular flexibility index (Phi) is 4.39. The van der Waals surface area contributed by atoms with Crippen LogP contribution in [0.25, 0.3) is 5.52 Å². The van der Waals surface area contributed by atoms with E-state index in [0.29, 0.717) is 24.8 Å². The maximum Gasteiger partial charge on any atom is 0.275 e. The van der Waals surface area contributed by atoms with Crippen molar-refractivity contribution in [2.75, 3.05) is 13.2 Å². The molecule has 0 bridgehead atoms. The molecule has 5 nitrogen and oxygen atoms in total. The number of imidazole rings is 1. The van der Waals surface area contributed by atoms with E-state index in [1.165, 1.54) is 0 Å². The molecular weight excluding hydrogens is 290 g/mol. The quantitative estimate of drug-likeness (QED) is 0.875. The van der Waals surface area contributed by atoms with E-state index in [9.17, 15) is 4.79 Å². The molecule has 0 saturated carbocycles. The van der Waals surface area contributed by atoms with Crippen molar-refractivity contribution in [3.8, 4) is 0 Å². The molecule has 1 aliphatic rings. The van der Waals surface area contributed by atoms with Crippen LogP contribution in [0.4, 0.5) is 0 Å². The molecule has 0 spiro atoms. The number of aromatic nitrogens is 2. The summed E-state index contributed by atoms with van der Waals surface area (Å²) in [6.07, 6.45) is 2.84. The Balaban J connectivity index is 2.03. The van der Waals surface area contributed by atoms with E-state index in [2.05, 4.69) is 13.8 Å². The molecule has 2 atom stereocenters. The van der Waals surface area contributed by atoms with E-state index in [0.717, 1.165) is 17.8 Å². The van der Waals surface area contributed by atoms with Crippen LogP contribution in [0.3, 0.4) is 0 Å². The van der Waals surface area contributed by atoms with Crippen LogP contribution in [0.15, 0.2) is 24.4 Å². The molecule has 0 radical (unpaired) electrons. The summed E-state index contributed by atoms with van der Waals surface area (Å²) in [5.74, 6) is 1.45. The van der Waals surface area contributed by atoms with Crippen molar-refractivity contribution in [2.45, 2.75) is 46.2 Å². The van der Waals surface area contributed by atoms with Gasteiger partial charge >= 0.3 is 0 Å². The minimum Gasteiger partial charge on any atom is -0.377 e. The van der Waals surface area contributed by atoms with Crippen molar-refractivity contribution in [2.24, 2.45) is 5.92 Å². The second-order valence-corrected chi connectivity index (χ2v) is 6.88. The molecule has 3 heterocycles. The lowest BCUT2D eigenvalue weighted by Crippen LogP contribution is -2.52. The average Bonchev–Trinajstić information content (AvgIpc) is 2.85. The van der Waals surface area contributed by atoms with Gasteiger partial charge in [-0.25, -0.2) is 4.98 Å². The van der Waals surface area contributed by atoms with Gasteiger partial charge in [0.1, 0.15) is 5.82 Å². The topological polar surface area (TPSA) is 46.8 Å². The van der Waals surface area contributed by atoms with E-state index >= 15 is 0 Å². The summed E-state index contributed by atoms with van der Waals surface area (Å²) in [6.45, 7) is 9.55. The van der Waals surface area contributed by atoms with Gasteiger partial charge in [-0.05, 0) is 31.9 Å². The molecule has 1 amide bonds. The number of pyridine rings is 1. The first-order valence-electron chi connectivity index (χ1n) is 8.35. The SMILES string of the molecule is CC(C)Cc1nc(C(=O)N2C(C)COCC2C)c2ccccn12. The Bertz CT molecular complexity index is 697. The van der Waals surface area contributed by atoms with Crippen LogP contribution in [-0.2, 0) is 11.2 Å². The zero-order valence-corrected chi connectivity index (χ0v) is 14.3. The zero-order valence-electron chi connectivity index (χ0n) is 14.3. The van der Waals surface area contributed by atoms with E-state index in [-0.39, 0.29) is 18.0 Å². The number of morpholine rings is 1. The summed E-state index contributed by atoms with van der Waals surface area (Å²) in [7, 11) is 0. The molecule has 2 unspecified atom stereocenters. The first-order valence-corrected chi connectivity index (χ1v) is 8.35. The minimum atomic E-state index is 0.00649. The Labute approximate surface area is 137 Å². The van der Waals surface area contributed by atoms with Crippen molar-refractivity contribution < 1.29 is 9.53 Å². The molecule has 1 aliphatic heterocycles. The Morgan fingerprint density at radius 3 is 2.65 bits per heavy atom. The molecule has 1 saturated heterocycles. The lowest BCUT2D eigenvalue weighted by Gasteiger charge is -2.38. The fourth-order valence-corrected chi connectivity index (χ4v) is 3.29. The third kappa shape index (κ3) is 2.98. The number of hydrogen-bond acceptors (Lipinski definition) is 3. The summed E-state index contributed by atoms with van der Waals surface area (Å²) in [4.78, 5) is 19.7. The van der Waals surface area contributed by atoms with Crippen LogP contribution in [0, 0.1) is 5.92 Å². The maximum absolute atomic E-state index is 13.1. The first kappa shape index (κ1) is 16.0. The molecule has 2 aromatic heterocycles. The summed E-state index contributed by atoms with van der Waals surface area (Å²) < 4.78 is 7.58. The van der Waals surface area contributed by atoms with Crippen molar-refractivity contribution in [3.05, 3.63) is 35.9 Å². The van der Waals surface area contributed by atoms with Crippen LogP contribution in [0.5, 0.6) is 0 Å². The summed E-state index contributed by atoms with van der Waals surface area (Å²) >= 11 is 0. The summed E-state index contributed by atoms with van der Waals surface area (Å²) in [6, 6.07) is 6.05. The lowest BCUT2D eigenvalue weighted by atomic mass is 10.1. The second kappa shape index (κ2) is 6.32. The number of hydrogen-bond donors (Lipinski definition) is 0. The Hall–Kier alpha value is -1.88. The minimum absolute atomic E-state index is 0.00649. The van der Waals surface area contributed by atoms with Crippen molar-refractivity contribution in [1.29, 1.82) is 0 Å². The highest BCUT2D eigenvalue weighted by atomic mass is 16.5. The largest absolute Gasteiger partial charge is 0.377 e. The van der Waals surface area contributed by atoms with E-state index in [1.54, 1.807) is 0 Å². The van der Waals surface area contributed by atoms with Crippen LogP contribution < -0.4 is 0 Å². The monoisotopic (exact) mass is 315 g/mol. The number of amides is 1. The maximum atomic E-state index is 13.1. The third-order valence-corrected chi connectivity index (χ3v) is 4.32. The highest BCUT2D eigenvalue weighted by Gasteiger charge is 2.32. The van der Waals surface area contributed by atoms with Gasteiger partial charge in [0, 0.05) is 12.6 Å². The molecule has 0 N–H and O–H groups in total. The number of nitrogens with zero attached hydrogens (tertiary/aromatic N) is 3. The van der Waals surface area contributed by atoms with Crippen LogP contribution >= 0.6 is 0 Å². The van der Waals surface area contributed by atoms with Gasteiger partial charge in [-0.2, -0.15) is 0 Å². The van der Waals surface area contributed by atoms with Crippen LogP contribution in [-0.4, -0.2) is 45.5 Å². The van der Waals surface area contributed by atoms with Gasteiger partial charge in [-0.3, -0.25) is 4.79 Å². The second-order valence-electron chi connectivity index (χ2n) is 6.88. The first-order chi connectivity index (χ1) is 11.0. The number of carbonyl (C=O) groups excluding carboxylic acids is 1. The van der Waals surface area contributed by atoms with Gasteiger partial charge in [-0.1, -0.05) is 19.9 Å². The average molecular weight is 315 g/mol. The fourth-order valence-electron chi connectivity index (χ4n) is 3.29. The number of rotatable bonds is 3. The standard InChI is InChI=1S/C18H25N3O2/c1-12(2)9-16-19-17(15-7-5-6-8-20(15)16)18(22)21-13(3)10-23-11-14(21)4/h5-8,12-14H,9-11H2,1-4H3. The lowest BCUT2D eigenvalue weighted by molar-refractivity contribution is -0.0251. The Morgan fingerprint density at radius 1 is 1.30 bits per heavy atom. The summed E-state index contributed by atoms with van der Waals surface area (Å²) in [5.41, 5.74) is 1.45. The molecule has 0 aromatic carbocycles. The molecular formula is C18H25N3O2. The number of fused-ring (bicyclic) bond motifs is 1. The highest BCUT2D eigenvalue weighted by Crippen LogP contribution is 2.21. The van der Waals surface area contributed by atoms with E-state index in [1.807, 2.05) is 47.5 Å². The zero-order chi connectivity index (χ0) is 16.6. The van der Waals surface area contributed by atoms with Gasteiger partial charge in [0.05, 0.1) is 30.8 Å². The van der Waals surface area contributed by atoms with Gasteiger partial charge in [0.25, 0.3) is 5.91 Å². The van der Waals surface area contributed by atoms with Gasteiger partial charge in [0.2, 0.25) is 0 Å². The molecule has 5 heteroatoms. The van der Waals surface area contributed by atoms with E-state index < -0.39 is 0 Å². The smallest absolute Gasteiger partial charge is 0.275 e. The molecule has 1 fully saturated rings. The number of carbonyl (C=O) groups is 1.